The highest BCUT2D eigenvalue weighted by molar-refractivity contribution is 9.10. The molecule has 0 spiro atoms. The van der Waals surface area contributed by atoms with Gasteiger partial charge in [0, 0.05) is 9.89 Å². The van der Waals surface area contributed by atoms with Crippen LogP contribution < -0.4 is 10.3 Å². The van der Waals surface area contributed by atoms with Crippen molar-refractivity contribution in [3.8, 4) is 5.75 Å². The molecule has 0 N–H and O–H groups in total. The molecule has 0 unspecified atom stereocenters. The van der Waals surface area contributed by atoms with E-state index in [1.165, 1.54) is 4.68 Å². The van der Waals surface area contributed by atoms with Gasteiger partial charge in [-0.25, -0.2) is 4.98 Å². The number of benzene rings is 2. The van der Waals surface area contributed by atoms with Gasteiger partial charge in [0.2, 0.25) is 0 Å². The highest BCUT2D eigenvalue weighted by Gasteiger charge is 2.23. The average molecular weight is 470 g/mol. The van der Waals surface area contributed by atoms with Gasteiger partial charge in [-0.2, -0.15) is 9.78 Å². The Bertz CT molecular complexity index is 1190. The third-order valence-corrected chi connectivity index (χ3v) is 5.53. The van der Waals surface area contributed by atoms with Crippen molar-refractivity contribution in [2.75, 3.05) is 7.11 Å². The summed E-state index contributed by atoms with van der Waals surface area (Å²) in [5.41, 5.74) is 3.21. The molecule has 1 aromatic heterocycles. The molecular formula is C24H28BrN3O2. The van der Waals surface area contributed by atoms with E-state index in [1.54, 1.807) is 19.4 Å². The number of aryl methyl sites for hydroxylation is 1. The molecule has 0 bridgehead atoms. The first-order valence-electron chi connectivity index (χ1n) is 9.98. The first kappa shape index (κ1) is 22.2. The fraction of sp³-hybridized carbons (Fsp3) is 0.375. The second kappa shape index (κ2) is 8.34. The molecule has 0 saturated heterocycles. The molecule has 30 heavy (non-hydrogen) atoms. The molecule has 0 fully saturated rings. The second-order valence-electron chi connectivity index (χ2n) is 8.81. The van der Waals surface area contributed by atoms with E-state index in [0.29, 0.717) is 22.6 Å². The minimum Gasteiger partial charge on any atom is -0.496 e. The van der Waals surface area contributed by atoms with Crippen LogP contribution in [0.3, 0.4) is 0 Å². The van der Waals surface area contributed by atoms with Gasteiger partial charge < -0.3 is 4.74 Å². The Morgan fingerprint density at radius 2 is 1.90 bits per heavy atom. The lowest BCUT2D eigenvalue weighted by Crippen LogP contribution is -2.29. The van der Waals surface area contributed by atoms with E-state index in [2.05, 4.69) is 40.9 Å². The van der Waals surface area contributed by atoms with Crippen LogP contribution in [0.2, 0.25) is 0 Å². The quantitative estimate of drug-likeness (QED) is 0.455. The summed E-state index contributed by atoms with van der Waals surface area (Å²) in [5.74, 6) is 1.79. The zero-order chi connectivity index (χ0) is 22.2. The van der Waals surface area contributed by atoms with Crippen LogP contribution in [0.15, 0.2) is 44.7 Å². The van der Waals surface area contributed by atoms with Crippen molar-refractivity contribution in [1.82, 2.24) is 9.66 Å². The lowest BCUT2D eigenvalue weighted by molar-refractivity contribution is 0.407. The molecule has 0 saturated carbocycles. The second-order valence-corrected chi connectivity index (χ2v) is 9.73. The van der Waals surface area contributed by atoms with Crippen LogP contribution >= 0.6 is 15.9 Å². The number of ether oxygens (including phenoxy) is 1. The van der Waals surface area contributed by atoms with Gasteiger partial charge in [0.15, 0.2) is 0 Å². The zero-order valence-electron chi connectivity index (χ0n) is 18.6. The number of halogens is 1. The summed E-state index contributed by atoms with van der Waals surface area (Å²) >= 11 is 3.44. The first-order valence-corrected chi connectivity index (χ1v) is 10.8. The van der Waals surface area contributed by atoms with Crippen molar-refractivity contribution in [2.24, 2.45) is 5.10 Å². The molecule has 5 nitrogen and oxygen atoms in total. The van der Waals surface area contributed by atoms with E-state index in [-0.39, 0.29) is 11.0 Å². The van der Waals surface area contributed by atoms with E-state index in [1.807, 2.05) is 45.9 Å². The van der Waals surface area contributed by atoms with Gasteiger partial charge in [0.05, 0.1) is 24.2 Å². The number of rotatable bonds is 4. The van der Waals surface area contributed by atoms with Crippen LogP contribution in [-0.2, 0) is 5.41 Å². The van der Waals surface area contributed by atoms with Crippen LogP contribution in [-0.4, -0.2) is 23.0 Å². The number of aromatic nitrogens is 2. The standard InChI is InChI=1S/C24H28BrN3O2/c1-14(2)18-11-16(15(3)10-21(18)30-7)13-26-28-22(29)19-12-17(25)8-9-20(19)27-23(28)24(4,5)6/h8-14H,1-7H3. The largest absolute Gasteiger partial charge is 0.496 e. The van der Waals surface area contributed by atoms with Gasteiger partial charge in [-0.15, -0.1) is 0 Å². The molecule has 2 aromatic carbocycles. The Kier molecular flexibility index (Phi) is 6.18. The van der Waals surface area contributed by atoms with Crippen LogP contribution in [0.25, 0.3) is 10.9 Å². The summed E-state index contributed by atoms with van der Waals surface area (Å²) in [7, 11) is 1.68. The van der Waals surface area contributed by atoms with Gasteiger partial charge in [0.25, 0.3) is 5.56 Å². The summed E-state index contributed by atoms with van der Waals surface area (Å²) in [4.78, 5) is 18.1. The third-order valence-electron chi connectivity index (χ3n) is 5.03. The molecule has 0 aliphatic rings. The summed E-state index contributed by atoms with van der Waals surface area (Å²) in [5, 5.41) is 5.13. The summed E-state index contributed by atoms with van der Waals surface area (Å²) < 4.78 is 7.79. The normalized spacial score (nSPS) is 12.3. The van der Waals surface area contributed by atoms with Gasteiger partial charge >= 0.3 is 0 Å². The molecule has 3 aromatic rings. The predicted molar refractivity (Wildman–Crippen MR) is 127 cm³/mol. The fourth-order valence-electron chi connectivity index (χ4n) is 3.34. The maximum absolute atomic E-state index is 13.3. The molecule has 1 heterocycles. The van der Waals surface area contributed by atoms with Crippen molar-refractivity contribution >= 4 is 33.0 Å². The predicted octanol–water partition coefficient (Wildman–Crippen LogP) is 5.78. The van der Waals surface area contributed by atoms with Crippen molar-refractivity contribution in [1.29, 1.82) is 0 Å². The SMILES string of the molecule is COc1cc(C)c(C=Nn2c(C(C)(C)C)nc3ccc(Br)cc3c2=O)cc1C(C)C. The Morgan fingerprint density at radius 1 is 1.20 bits per heavy atom. The number of fused-ring (bicyclic) bond motifs is 1. The van der Waals surface area contributed by atoms with E-state index < -0.39 is 0 Å². The van der Waals surface area contributed by atoms with E-state index in [9.17, 15) is 4.79 Å². The summed E-state index contributed by atoms with van der Waals surface area (Å²) in [6, 6.07) is 9.63. The average Bonchev–Trinajstić information content (AvgIpc) is 2.67. The van der Waals surface area contributed by atoms with Crippen molar-refractivity contribution in [2.45, 2.75) is 52.9 Å². The first-order chi connectivity index (χ1) is 14.0. The Morgan fingerprint density at radius 3 is 2.50 bits per heavy atom. The van der Waals surface area contributed by atoms with E-state index in [0.717, 1.165) is 26.9 Å². The van der Waals surface area contributed by atoms with Gasteiger partial charge in [-0.05, 0) is 59.9 Å². The topological polar surface area (TPSA) is 56.5 Å². The molecule has 6 heteroatoms. The Balaban J connectivity index is 2.22. The zero-order valence-corrected chi connectivity index (χ0v) is 20.2. The lowest BCUT2D eigenvalue weighted by Gasteiger charge is -2.21. The molecule has 0 amide bonds. The molecular weight excluding hydrogens is 442 g/mol. The molecule has 0 aliphatic heterocycles. The lowest BCUT2D eigenvalue weighted by atomic mass is 9.95. The number of nitrogens with zero attached hydrogens (tertiary/aromatic N) is 3. The summed E-state index contributed by atoms with van der Waals surface area (Å²) in [6.45, 7) is 12.4. The molecule has 0 radical (unpaired) electrons. The fourth-order valence-corrected chi connectivity index (χ4v) is 3.71. The minimum absolute atomic E-state index is 0.183. The van der Waals surface area contributed by atoms with E-state index >= 15 is 0 Å². The Hall–Kier alpha value is -2.47. The monoisotopic (exact) mass is 469 g/mol. The number of hydrogen-bond donors (Lipinski definition) is 0. The molecule has 0 atom stereocenters. The van der Waals surface area contributed by atoms with Crippen LogP contribution in [0, 0.1) is 6.92 Å². The summed E-state index contributed by atoms with van der Waals surface area (Å²) in [6.07, 6.45) is 1.74. The highest BCUT2D eigenvalue weighted by Crippen LogP contribution is 2.29. The molecule has 0 aliphatic carbocycles. The van der Waals surface area contributed by atoms with Crippen LogP contribution in [0.5, 0.6) is 5.75 Å². The molecule has 158 valence electrons. The highest BCUT2D eigenvalue weighted by atomic mass is 79.9. The van der Waals surface area contributed by atoms with Gasteiger partial charge in [-0.1, -0.05) is 50.5 Å². The van der Waals surface area contributed by atoms with Gasteiger partial charge in [0.1, 0.15) is 11.6 Å². The number of hydrogen-bond acceptors (Lipinski definition) is 4. The maximum Gasteiger partial charge on any atom is 0.282 e. The third kappa shape index (κ3) is 4.33. The van der Waals surface area contributed by atoms with Crippen LogP contribution in [0.1, 0.15) is 63.1 Å². The smallest absolute Gasteiger partial charge is 0.282 e. The Labute approximate surface area is 185 Å². The van der Waals surface area contributed by atoms with E-state index in [4.69, 9.17) is 9.72 Å². The maximum atomic E-state index is 13.3. The van der Waals surface area contributed by atoms with Crippen molar-refractivity contribution < 1.29 is 4.74 Å². The number of methoxy groups -OCH3 is 1. The van der Waals surface area contributed by atoms with Crippen molar-refractivity contribution in [3.63, 3.8) is 0 Å². The minimum atomic E-state index is -0.351. The van der Waals surface area contributed by atoms with Crippen molar-refractivity contribution in [3.05, 3.63) is 67.7 Å². The van der Waals surface area contributed by atoms with Crippen LogP contribution in [0.4, 0.5) is 0 Å². The molecule has 3 rings (SSSR count). The van der Waals surface area contributed by atoms with Gasteiger partial charge in [-0.3, -0.25) is 4.79 Å².